The fourth-order valence-electron chi connectivity index (χ4n) is 2.36. The molecule has 0 saturated carbocycles. The topological polar surface area (TPSA) is 30.3 Å². The average Bonchev–Trinajstić information content (AvgIpc) is 2.68. The van der Waals surface area contributed by atoms with Gasteiger partial charge in [0.05, 0.1) is 24.4 Å². The highest BCUT2D eigenvalue weighted by Crippen LogP contribution is 2.19. The molecule has 90 valence electrons. The van der Waals surface area contributed by atoms with Gasteiger partial charge in [-0.3, -0.25) is 9.58 Å². The van der Waals surface area contributed by atoms with Crippen molar-refractivity contribution < 1.29 is 4.74 Å². The van der Waals surface area contributed by atoms with Gasteiger partial charge < -0.3 is 4.74 Å². The Kier molecular flexibility index (Phi) is 2.82. The Balaban J connectivity index is 1.90. The van der Waals surface area contributed by atoms with Crippen LogP contribution in [0.15, 0.2) is 24.3 Å². The van der Waals surface area contributed by atoms with E-state index in [0.717, 1.165) is 38.4 Å². The summed E-state index contributed by atoms with van der Waals surface area (Å²) in [6.45, 7) is 4.67. The van der Waals surface area contributed by atoms with E-state index in [0.29, 0.717) is 0 Å². The minimum Gasteiger partial charge on any atom is -0.379 e. The molecule has 17 heavy (non-hydrogen) atoms. The Morgan fingerprint density at radius 1 is 1.24 bits per heavy atom. The zero-order valence-corrected chi connectivity index (χ0v) is 10.1. The summed E-state index contributed by atoms with van der Waals surface area (Å²) in [4.78, 5) is 2.42. The van der Waals surface area contributed by atoms with Crippen LogP contribution < -0.4 is 0 Å². The number of benzene rings is 1. The molecule has 1 saturated heterocycles. The van der Waals surface area contributed by atoms with E-state index in [9.17, 15) is 0 Å². The summed E-state index contributed by atoms with van der Waals surface area (Å²) in [5, 5.41) is 5.80. The third kappa shape index (κ3) is 2.06. The Bertz CT molecular complexity index is 514. The quantitative estimate of drug-likeness (QED) is 0.782. The average molecular weight is 231 g/mol. The predicted molar refractivity (Wildman–Crippen MR) is 66.8 cm³/mol. The van der Waals surface area contributed by atoms with Crippen molar-refractivity contribution in [2.45, 2.75) is 6.54 Å². The van der Waals surface area contributed by atoms with Gasteiger partial charge in [0, 0.05) is 32.1 Å². The first-order chi connectivity index (χ1) is 8.34. The van der Waals surface area contributed by atoms with Crippen molar-refractivity contribution in [1.29, 1.82) is 0 Å². The smallest absolute Gasteiger partial charge is 0.0926 e. The molecular weight excluding hydrogens is 214 g/mol. The summed E-state index contributed by atoms with van der Waals surface area (Å²) >= 11 is 0. The first-order valence-electron chi connectivity index (χ1n) is 6.05. The first-order valence-corrected chi connectivity index (χ1v) is 6.05. The van der Waals surface area contributed by atoms with Crippen LogP contribution >= 0.6 is 0 Å². The molecule has 3 rings (SSSR count). The van der Waals surface area contributed by atoms with Crippen molar-refractivity contribution in [2.24, 2.45) is 7.05 Å². The second-order valence-corrected chi connectivity index (χ2v) is 4.48. The number of nitrogens with zero attached hydrogens (tertiary/aromatic N) is 3. The minimum absolute atomic E-state index is 0.843. The number of aryl methyl sites for hydroxylation is 1. The van der Waals surface area contributed by atoms with Crippen molar-refractivity contribution >= 4 is 10.9 Å². The Labute approximate surface area is 101 Å². The SMILES string of the molecule is Cn1nc2ccccc2c1CN1CCOCC1. The van der Waals surface area contributed by atoms with Crippen LogP contribution in [0.5, 0.6) is 0 Å². The van der Waals surface area contributed by atoms with Crippen molar-refractivity contribution in [1.82, 2.24) is 14.7 Å². The molecule has 2 aromatic rings. The van der Waals surface area contributed by atoms with Gasteiger partial charge in [0.15, 0.2) is 0 Å². The number of hydrogen-bond donors (Lipinski definition) is 0. The second kappa shape index (κ2) is 4.47. The fourth-order valence-corrected chi connectivity index (χ4v) is 2.36. The molecule has 1 aliphatic rings. The van der Waals surface area contributed by atoms with Crippen molar-refractivity contribution in [3.63, 3.8) is 0 Å². The number of ether oxygens (including phenoxy) is 1. The van der Waals surface area contributed by atoms with Gasteiger partial charge in [-0.05, 0) is 6.07 Å². The van der Waals surface area contributed by atoms with Gasteiger partial charge in [-0.25, -0.2) is 0 Å². The van der Waals surface area contributed by atoms with Gasteiger partial charge in [-0.15, -0.1) is 0 Å². The maximum atomic E-state index is 5.37. The van der Waals surface area contributed by atoms with Crippen LogP contribution in [0.25, 0.3) is 10.9 Å². The molecule has 1 aliphatic heterocycles. The van der Waals surface area contributed by atoms with Gasteiger partial charge in [0.25, 0.3) is 0 Å². The summed E-state index contributed by atoms with van der Waals surface area (Å²) in [6.07, 6.45) is 0. The third-order valence-corrected chi connectivity index (χ3v) is 3.34. The van der Waals surface area contributed by atoms with Crippen LogP contribution in [0.2, 0.25) is 0 Å². The molecule has 0 N–H and O–H groups in total. The van der Waals surface area contributed by atoms with E-state index in [-0.39, 0.29) is 0 Å². The Hall–Kier alpha value is -1.39. The van der Waals surface area contributed by atoms with Crippen LogP contribution in [0.3, 0.4) is 0 Å². The van der Waals surface area contributed by atoms with Gasteiger partial charge in [-0.2, -0.15) is 5.10 Å². The van der Waals surface area contributed by atoms with E-state index < -0.39 is 0 Å². The lowest BCUT2D eigenvalue weighted by Crippen LogP contribution is -2.36. The van der Waals surface area contributed by atoms with E-state index in [2.05, 4.69) is 28.2 Å². The maximum absolute atomic E-state index is 5.37. The van der Waals surface area contributed by atoms with Crippen molar-refractivity contribution in [3.05, 3.63) is 30.0 Å². The summed E-state index contributed by atoms with van der Waals surface area (Å²) in [6, 6.07) is 8.33. The Morgan fingerprint density at radius 3 is 2.82 bits per heavy atom. The maximum Gasteiger partial charge on any atom is 0.0926 e. The van der Waals surface area contributed by atoms with Crippen LogP contribution in [-0.4, -0.2) is 41.0 Å². The zero-order valence-electron chi connectivity index (χ0n) is 10.1. The summed E-state index contributed by atoms with van der Waals surface area (Å²) < 4.78 is 7.37. The van der Waals surface area contributed by atoms with Gasteiger partial charge in [-0.1, -0.05) is 18.2 Å². The molecule has 0 aliphatic carbocycles. The fraction of sp³-hybridized carbons (Fsp3) is 0.462. The van der Waals surface area contributed by atoms with Crippen molar-refractivity contribution in [2.75, 3.05) is 26.3 Å². The third-order valence-electron chi connectivity index (χ3n) is 3.34. The van der Waals surface area contributed by atoms with E-state index in [4.69, 9.17) is 4.74 Å². The predicted octanol–water partition coefficient (Wildman–Crippen LogP) is 1.41. The minimum atomic E-state index is 0.843. The molecule has 0 unspecified atom stereocenters. The van der Waals surface area contributed by atoms with Crippen LogP contribution in [0.4, 0.5) is 0 Å². The molecule has 2 heterocycles. The van der Waals surface area contributed by atoms with Gasteiger partial charge >= 0.3 is 0 Å². The molecule has 4 heteroatoms. The monoisotopic (exact) mass is 231 g/mol. The number of hydrogen-bond acceptors (Lipinski definition) is 3. The molecule has 0 amide bonds. The zero-order chi connectivity index (χ0) is 11.7. The molecule has 0 atom stereocenters. The lowest BCUT2D eigenvalue weighted by Gasteiger charge is -2.26. The summed E-state index contributed by atoms with van der Waals surface area (Å²) in [5.74, 6) is 0. The molecule has 0 bridgehead atoms. The number of fused-ring (bicyclic) bond motifs is 1. The molecule has 1 aromatic carbocycles. The number of aromatic nitrogens is 2. The molecule has 0 radical (unpaired) electrons. The molecule has 1 aromatic heterocycles. The molecule has 0 spiro atoms. The standard InChI is InChI=1S/C13H17N3O/c1-15-13(10-16-6-8-17-9-7-16)11-4-2-3-5-12(11)14-15/h2-5H,6-10H2,1H3. The van der Waals surface area contributed by atoms with Crippen LogP contribution in [0, 0.1) is 0 Å². The first kappa shape index (κ1) is 10.7. The lowest BCUT2D eigenvalue weighted by atomic mass is 10.2. The van der Waals surface area contributed by atoms with Crippen LogP contribution in [-0.2, 0) is 18.3 Å². The summed E-state index contributed by atoms with van der Waals surface area (Å²) in [5.41, 5.74) is 2.38. The second-order valence-electron chi connectivity index (χ2n) is 4.48. The van der Waals surface area contributed by atoms with Crippen molar-refractivity contribution in [3.8, 4) is 0 Å². The van der Waals surface area contributed by atoms with Crippen LogP contribution in [0.1, 0.15) is 5.69 Å². The summed E-state index contributed by atoms with van der Waals surface area (Å²) in [7, 11) is 2.02. The van der Waals surface area contributed by atoms with Gasteiger partial charge in [0.1, 0.15) is 0 Å². The van der Waals surface area contributed by atoms with E-state index >= 15 is 0 Å². The molecular formula is C13H17N3O. The van der Waals surface area contributed by atoms with Gasteiger partial charge in [0.2, 0.25) is 0 Å². The molecule has 1 fully saturated rings. The highest BCUT2D eigenvalue weighted by Gasteiger charge is 2.15. The largest absolute Gasteiger partial charge is 0.379 e. The van der Waals surface area contributed by atoms with E-state index in [1.165, 1.54) is 11.1 Å². The Morgan fingerprint density at radius 2 is 2.00 bits per heavy atom. The van der Waals surface area contributed by atoms with E-state index in [1.54, 1.807) is 0 Å². The lowest BCUT2D eigenvalue weighted by molar-refractivity contribution is 0.0333. The highest BCUT2D eigenvalue weighted by atomic mass is 16.5. The number of morpholine rings is 1. The molecule has 4 nitrogen and oxygen atoms in total. The van der Waals surface area contributed by atoms with E-state index in [1.807, 2.05) is 17.8 Å². The highest BCUT2D eigenvalue weighted by molar-refractivity contribution is 5.81. The normalized spacial score (nSPS) is 17.7. The number of rotatable bonds is 2.